The molecule has 0 saturated carbocycles. The topological polar surface area (TPSA) is 86.7 Å². The summed E-state index contributed by atoms with van der Waals surface area (Å²) in [7, 11) is -3.85. The van der Waals surface area contributed by atoms with Crippen LogP contribution in [-0.2, 0) is 16.4 Å². The minimum absolute atomic E-state index is 0.0209. The Morgan fingerprint density at radius 1 is 1.06 bits per heavy atom. The monoisotopic (exact) mass is 454 g/mol. The van der Waals surface area contributed by atoms with E-state index in [1.165, 1.54) is 46.8 Å². The highest BCUT2D eigenvalue weighted by Gasteiger charge is 2.29. The summed E-state index contributed by atoms with van der Waals surface area (Å²) < 4.78 is 41.4. The largest absolute Gasteiger partial charge is 0.387 e. The lowest BCUT2D eigenvalue weighted by Crippen LogP contribution is -2.35. The zero-order valence-corrected chi connectivity index (χ0v) is 18.1. The zero-order valence-electron chi connectivity index (χ0n) is 17.2. The molecule has 1 aliphatic heterocycles. The maximum Gasteiger partial charge on any atom is 0.264 e. The third kappa shape index (κ3) is 4.51. The van der Waals surface area contributed by atoms with Gasteiger partial charge in [-0.2, -0.15) is 0 Å². The van der Waals surface area contributed by atoms with Crippen LogP contribution in [-0.4, -0.2) is 32.5 Å². The molecule has 166 valence electrons. The highest BCUT2D eigenvalue weighted by atomic mass is 32.2. The third-order valence-electron chi connectivity index (χ3n) is 5.44. The quantitative estimate of drug-likeness (QED) is 0.598. The van der Waals surface area contributed by atoms with Crippen LogP contribution >= 0.6 is 0 Å². The van der Waals surface area contributed by atoms with Gasteiger partial charge < -0.3 is 10.4 Å². The van der Waals surface area contributed by atoms with Crippen LogP contribution in [0.25, 0.3) is 0 Å². The Morgan fingerprint density at radius 2 is 1.84 bits per heavy atom. The van der Waals surface area contributed by atoms with Gasteiger partial charge in [0.25, 0.3) is 15.9 Å². The Kier molecular flexibility index (Phi) is 6.25. The molecule has 0 aromatic heterocycles. The molecule has 1 heterocycles. The summed E-state index contributed by atoms with van der Waals surface area (Å²) in [5.41, 5.74) is 2.13. The number of para-hydroxylation sites is 1. The number of amides is 1. The smallest absolute Gasteiger partial charge is 0.264 e. The van der Waals surface area contributed by atoms with Crippen LogP contribution in [0.3, 0.4) is 0 Å². The maximum absolute atomic E-state index is 13.3. The van der Waals surface area contributed by atoms with Crippen molar-refractivity contribution >= 4 is 21.6 Å². The Bertz CT molecular complexity index is 1250. The number of hydrogen-bond donors (Lipinski definition) is 2. The normalized spacial score (nSPS) is 14.5. The number of rotatable bonds is 6. The second kappa shape index (κ2) is 9.10. The van der Waals surface area contributed by atoms with Gasteiger partial charge in [-0.3, -0.25) is 9.10 Å². The molecule has 3 aromatic carbocycles. The predicted molar refractivity (Wildman–Crippen MR) is 119 cm³/mol. The van der Waals surface area contributed by atoms with Crippen molar-refractivity contribution in [3.63, 3.8) is 0 Å². The van der Waals surface area contributed by atoms with Crippen molar-refractivity contribution in [2.75, 3.05) is 17.4 Å². The van der Waals surface area contributed by atoms with Gasteiger partial charge in [0.1, 0.15) is 5.82 Å². The summed E-state index contributed by atoms with van der Waals surface area (Å²) in [4.78, 5) is 12.6. The van der Waals surface area contributed by atoms with E-state index in [-0.39, 0.29) is 17.0 Å². The van der Waals surface area contributed by atoms with Gasteiger partial charge in [0.15, 0.2) is 0 Å². The molecule has 0 aliphatic carbocycles. The fraction of sp³-hybridized carbons (Fsp3) is 0.208. The number of carbonyl (C=O) groups is 1. The number of nitrogens with zero attached hydrogens (tertiary/aromatic N) is 1. The van der Waals surface area contributed by atoms with Crippen LogP contribution in [0.2, 0.25) is 0 Å². The lowest BCUT2D eigenvalue weighted by molar-refractivity contribution is 0.0916. The summed E-state index contributed by atoms with van der Waals surface area (Å²) in [5.74, 6) is -1.01. The number of aliphatic hydroxyl groups excluding tert-OH is 1. The average molecular weight is 455 g/mol. The van der Waals surface area contributed by atoms with Crippen molar-refractivity contribution in [3.05, 3.63) is 95.3 Å². The van der Waals surface area contributed by atoms with E-state index in [1.807, 2.05) is 12.1 Å². The molecule has 1 aliphatic rings. The molecule has 1 unspecified atom stereocenters. The number of nitrogens with one attached hydrogen (secondary N) is 1. The van der Waals surface area contributed by atoms with E-state index in [0.717, 1.165) is 12.0 Å². The van der Waals surface area contributed by atoms with Crippen molar-refractivity contribution in [3.8, 4) is 0 Å². The van der Waals surface area contributed by atoms with Crippen molar-refractivity contribution in [1.82, 2.24) is 5.32 Å². The molecule has 4 rings (SSSR count). The lowest BCUT2D eigenvalue weighted by atomic mass is 10.0. The fourth-order valence-electron chi connectivity index (χ4n) is 3.80. The first-order valence-electron chi connectivity index (χ1n) is 10.3. The number of anilines is 1. The first-order chi connectivity index (χ1) is 15.4. The minimum Gasteiger partial charge on any atom is -0.387 e. The van der Waals surface area contributed by atoms with Crippen LogP contribution in [0.15, 0.2) is 77.7 Å². The van der Waals surface area contributed by atoms with Crippen LogP contribution in [0.1, 0.15) is 34.0 Å². The van der Waals surface area contributed by atoms with E-state index in [0.29, 0.717) is 24.2 Å². The van der Waals surface area contributed by atoms with Crippen LogP contribution < -0.4 is 9.62 Å². The summed E-state index contributed by atoms with van der Waals surface area (Å²) >= 11 is 0. The molecule has 32 heavy (non-hydrogen) atoms. The first kappa shape index (κ1) is 22.0. The standard InChI is InChI=1S/C24H23FN2O4S/c25-20-10-3-7-18(14-20)23(28)16-26-24(29)19-8-4-11-21(15-19)32(30,31)27-13-5-9-17-6-1-2-12-22(17)27/h1-4,6-8,10-12,14-15,23,28H,5,9,13,16H2,(H,26,29). The van der Waals surface area contributed by atoms with E-state index in [4.69, 9.17) is 0 Å². The van der Waals surface area contributed by atoms with E-state index in [2.05, 4.69) is 5.32 Å². The van der Waals surface area contributed by atoms with Crippen LogP contribution in [0.5, 0.6) is 0 Å². The van der Waals surface area contributed by atoms with E-state index in [9.17, 15) is 22.7 Å². The second-order valence-corrected chi connectivity index (χ2v) is 9.48. The van der Waals surface area contributed by atoms with Gasteiger partial charge in [0.05, 0.1) is 16.7 Å². The van der Waals surface area contributed by atoms with Gasteiger partial charge in [0, 0.05) is 18.7 Å². The fourth-order valence-corrected chi connectivity index (χ4v) is 5.38. The molecule has 0 radical (unpaired) electrons. The molecular formula is C24H23FN2O4S. The number of aliphatic hydroxyl groups is 1. The molecule has 2 N–H and O–H groups in total. The van der Waals surface area contributed by atoms with Crippen molar-refractivity contribution in [2.45, 2.75) is 23.8 Å². The number of fused-ring (bicyclic) bond motifs is 1. The molecule has 0 saturated heterocycles. The Morgan fingerprint density at radius 3 is 2.66 bits per heavy atom. The molecule has 8 heteroatoms. The molecule has 0 fully saturated rings. The van der Waals surface area contributed by atoms with Gasteiger partial charge in [0.2, 0.25) is 0 Å². The van der Waals surface area contributed by atoms with Gasteiger partial charge >= 0.3 is 0 Å². The van der Waals surface area contributed by atoms with Crippen LogP contribution in [0.4, 0.5) is 10.1 Å². The summed E-state index contributed by atoms with van der Waals surface area (Å²) in [6.07, 6.45) is 0.443. The minimum atomic E-state index is -3.85. The van der Waals surface area contributed by atoms with Crippen LogP contribution in [0, 0.1) is 5.82 Å². The Balaban J connectivity index is 1.51. The van der Waals surface area contributed by atoms with Crippen molar-refractivity contribution in [2.24, 2.45) is 0 Å². The number of halogens is 1. The number of aryl methyl sites for hydroxylation is 1. The highest BCUT2D eigenvalue weighted by molar-refractivity contribution is 7.92. The highest BCUT2D eigenvalue weighted by Crippen LogP contribution is 2.32. The van der Waals surface area contributed by atoms with Gasteiger partial charge in [-0.15, -0.1) is 0 Å². The zero-order chi connectivity index (χ0) is 22.7. The number of sulfonamides is 1. The van der Waals surface area contributed by atoms with E-state index < -0.39 is 27.9 Å². The predicted octanol–water partition coefficient (Wildman–Crippen LogP) is 3.43. The number of hydrogen-bond acceptors (Lipinski definition) is 4. The summed E-state index contributed by atoms with van der Waals surface area (Å²) in [6, 6.07) is 18.7. The van der Waals surface area contributed by atoms with E-state index in [1.54, 1.807) is 18.2 Å². The van der Waals surface area contributed by atoms with Gasteiger partial charge in [-0.05, 0) is 60.4 Å². The van der Waals surface area contributed by atoms with Gasteiger partial charge in [-0.1, -0.05) is 36.4 Å². The summed E-state index contributed by atoms with van der Waals surface area (Å²) in [5, 5.41) is 12.8. The summed E-state index contributed by atoms with van der Waals surface area (Å²) in [6.45, 7) is 0.231. The Hall–Kier alpha value is -3.23. The Labute approximate surface area is 186 Å². The van der Waals surface area contributed by atoms with Crippen molar-refractivity contribution < 1.29 is 22.7 Å². The molecule has 1 amide bonds. The average Bonchev–Trinajstić information content (AvgIpc) is 2.82. The molecule has 0 bridgehead atoms. The molecule has 6 nitrogen and oxygen atoms in total. The SMILES string of the molecule is O=C(NCC(O)c1cccc(F)c1)c1cccc(S(=O)(=O)N2CCCc3ccccc32)c1. The third-order valence-corrected chi connectivity index (χ3v) is 7.25. The molecular weight excluding hydrogens is 431 g/mol. The maximum atomic E-state index is 13.3. The number of carbonyl (C=O) groups excluding carboxylic acids is 1. The molecule has 1 atom stereocenters. The lowest BCUT2D eigenvalue weighted by Gasteiger charge is -2.30. The number of benzene rings is 3. The second-order valence-electron chi connectivity index (χ2n) is 7.62. The van der Waals surface area contributed by atoms with E-state index >= 15 is 0 Å². The first-order valence-corrected chi connectivity index (χ1v) is 11.7. The molecule has 0 spiro atoms. The van der Waals surface area contributed by atoms with Crippen molar-refractivity contribution in [1.29, 1.82) is 0 Å². The van der Waals surface area contributed by atoms with Gasteiger partial charge in [-0.25, -0.2) is 12.8 Å². The molecule has 3 aromatic rings.